The lowest BCUT2D eigenvalue weighted by molar-refractivity contribution is -0.128. The second kappa shape index (κ2) is 11.9. The van der Waals surface area contributed by atoms with Crippen molar-refractivity contribution in [2.75, 3.05) is 31.8 Å². The molecule has 2 aliphatic heterocycles. The van der Waals surface area contributed by atoms with Gasteiger partial charge in [0.1, 0.15) is 23.4 Å². The molecule has 0 aliphatic carbocycles. The fourth-order valence-electron chi connectivity index (χ4n) is 3.91. The van der Waals surface area contributed by atoms with Crippen molar-refractivity contribution in [3.8, 4) is 11.5 Å². The van der Waals surface area contributed by atoms with Crippen molar-refractivity contribution in [2.45, 2.75) is 32.2 Å². The molecule has 37 heavy (non-hydrogen) atoms. The maximum atomic E-state index is 13.3. The van der Waals surface area contributed by atoms with Crippen LogP contribution in [0.4, 0.5) is 11.4 Å². The Morgan fingerprint density at radius 2 is 1.92 bits per heavy atom. The van der Waals surface area contributed by atoms with Crippen molar-refractivity contribution in [3.05, 3.63) is 48.0 Å². The number of anilines is 1. The highest BCUT2D eigenvalue weighted by Crippen LogP contribution is 2.34. The number of amides is 3. The van der Waals surface area contributed by atoms with E-state index in [0.29, 0.717) is 46.0 Å². The van der Waals surface area contributed by atoms with Gasteiger partial charge < -0.3 is 20.1 Å². The molecule has 2 aliphatic rings. The number of carbonyl (C=O) groups excluding carboxylic acids is 3. The summed E-state index contributed by atoms with van der Waals surface area (Å²) in [6, 6.07) is 11.6. The fraction of sp³-hybridized carbons (Fsp3) is 0.346. The molecule has 0 saturated heterocycles. The van der Waals surface area contributed by atoms with E-state index in [9.17, 15) is 14.4 Å². The number of rotatable bonds is 10. The third-order valence-electron chi connectivity index (χ3n) is 5.79. The quantitative estimate of drug-likeness (QED) is 0.461. The highest BCUT2D eigenvalue weighted by atomic mass is 32.2. The first-order chi connectivity index (χ1) is 17.9. The zero-order valence-corrected chi connectivity index (χ0v) is 21.8. The molecule has 194 valence electrons. The van der Waals surface area contributed by atoms with E-state index in [1.807, 2.05) is 31.2 Å². The van der Waals surface area contributed by atoms with E-state index >= 15 is 0 Å². The van der Waals surface area contributed by atoms with E-state index in [4.69, 9.17) is 9.47 Å². The van der Waals surface area contributed by atoms with Crippen molar-refractivity contribution in [2.24, 2.45) is 9.98 Å². The molecular formula is C26H29N5O5S. The maximum absolute atomic E-state index is 13.3. The maximum Gasteiger partial charge on any atom is 0.259 e. The molecule has 4 rings (SSSR count). The molecule has 11 heteroatoms. The Hall–Kier alpha value is -3.86. The van der Waals surface area contributed by atoms with E-state index in [-0.39, 0.29) is 29.9 Å². The number of ether oxygens (including phenoxy) is 2. The minimum absolute atomic E-state index is 0.0133. The standard InChI is InChI=1S/C26H29N5O5S/c1-4-5-12-27-22(32)14-20-25(34)31-24(29-20)17-8-6-7-9-18(17)30-26(31)37-15-23(33)28-19-13-16(35-2)10-11-21(19)36-3/h6-11,13,20H,4-5,12,14-15H2,1-3H3,(H,27,32)(H,28,33)/t20-/m0/s1. The molecule has 10 nitrogen and oxygen atoms in total. The Bertz CT molecular complexity index is 1260. The van der Waals surface area contributed by atoms with Crippen LogP contribution in [0.2, 0.25) is 0 Å². The van der Waals surface area contributed by atoms with Crippen molar-refractivity contribution in [3.63, 3.8) is 0 Å². The van der Waals surface area contributed by atoms with Crippen LogP contribution in [-0.2, 0) is 14.4 Å². The number of benzene rings is 2. The molecule has 2 aromatic rings. The number of para-hydroxylation sites is 1. The van der Waals surface area contributed by atoms with Crippen LogP contribution in [0.5, 0.6) is 11.5 Å². The van der Waals surface area contributed by atoms with E-state index in [1.54, 1.807) is 18.2 Å². The van der Waals surface area contributed by atoms with Gasteiger partial charge in [0.05, 0.1) is 37.8 Å². The van der Waals surface area contributed by atoms with Crippen molar-refractivity contribution in [1.82, 2.24) is 10.2 Å². The van der Waals surface area contributed by atoms with Gasteiger partial charge in [-0.1, -0.05) is 37.2 Å². The summed E-state index contributed by atoms with van der Waals surface area (Å²) in [5.74, 6) is 0.631. The Balaban J connectivity index is 1.49. The largest absolute Gasteiger partial charge is 0.497 e. The summed E-state index contributed by atoms with van der Waals surface area (Å²) in [4.78, 5) is 49.1. The summed E-state index contributed by atoms with van der Waals surface area (Å²) in [6.45, 7) is 2.61. The number of amidine groups is 2. The summed E-state index contributed by atoms with van der Waals surface area (Å²) < 4.78 is 10.6. The monoisotopic (exact) mass is 523 g/mol. The number of fused-ring (bicyclic) bond motifs is 3. The lowest BCUT2D eigenvalue weighted by Gasteiger charge is -2.25. The molecule has 3 amide bonds. The summed E-state index contributed by atoms with van der Waals surface area (Å²) >= 11 is 1.12. The first kappa shape index (κ1) is 26.2. The lowest BCUT2D eigenvalue weighted by Crippen LogP contribution is -2.42. The van der Waals surface area contributed by atoms with Crippen LogP contribution in [0.15, 0.2) is 52.4 Å². The average Bonchev–Trinajstić information content (AvgIpc) is 3.23. The molecule has 0 saturated carbocycles. The van der Waals surface area contributed by atoms with Crippen molar-refractivity contribution in [1.29, 1.82) is 0 Å². The number of nitrogens with one attached hydrogen (secondary N) is 2. The first-order valence-corrected chi connectivity index (χ1v) is 12.9. The minimum atomic E-state index is -0.844. The normalized spacial score (nSPS) is 15.8. The van der Waals surface area contributed by atoms with Gasteiger partial charge in [0.25, 0.3) is 5.91 Å². The van der Waals surface area contributed by atoms with E-state index < -0.39 is 6.04 Å². The van der Waals surface area contributed by atoms with Gasteiger partial charge in [-0.25, -0.2) is 9.89 Å². The predicted octanol–water partition coefficient (Wildman–Crippen LogP) is 3.34. The number of hydrogen-bond acceptors (Lipinski definition) is 8. The first-order valence-electron chi connectivity index (χ1n) is 12.0. The van der Waals surface area contributed by atoms with E-state index in [1.165, 1.54) is 19.1 Å². The molecule has 0 radical (unpaired) electrons. The van der Waals surface area contributed by atoms with Crippen LogP contribution in [0.25, 0.3) is 0 Å². The number of nitrogens with zero attached hydrogens (tertiary/aromatic N) is 3. The second-order valence-electron chi connectivity index (χ2n) is 8.36. The highest BCUT2D eigenvalue weighted by Gasteiger charge is 2.42. The van der Waals surface area contributed by atoms with E-state index in [2.05, 4.69) is 20.6 Å². The summed E-state index contributed by atoms with van der Waals surface area (Å²) in [5.41, 5.74) is 1.83. The molecule has 2 heterocycles. The van der Waals surface area contributed by atoms with Crippen LogP contribution < -0.4 is 20.1 Å². The average molecular weight is 524 g/mol. The van der Waals surface area contributed by atoms with Gasteiger partial charge in [0.15, 0.2) is 5.17 Å². The molecule has 2 aromatic carbocycles. The molecule has 0 unspecified atom stereocenters. The number of unbranched alkanes of at least 4 members (excludes halogenated alkanes) is 1. The molecule has 0 fully saturated rings. The third kappa shape index (κ3) is 5.93. The summed E-state index contributed by atoms with van der Waals surface area (Å²) in [7, 11) is 3.05. The van der Waals surface area contributed by atoms with Crippen LogP contribution in [-0.4, -0.2) is 66.2 Å². The number of methoxy groups -OCH3 is 2. The Kier molecular flexibility index (Phi) is 8.44. The van der Waals surface area contributed by atoms with Crippen LogP contribution in [0.3, 0.4) is 0 Å². The summed E-state index contributed by atoms with van der Waals surface area (Å²) in [5, 5.41) is 5.99. The van der Waals surface area contributed by atoms with Gasteiger partial charge in [0, 0.05) is 18.2 Å². The zero-order chi connectivity index (χ0) is 26.4. The molecule has 1 atom stereocenters. The molecule has 0 spiro atoms. The molecule has 2 N–H and O–H groups in total. The van der Waals surface area contributed by atoms with Gasteiger partial charge in [-0.3, -0.25) is 19.4 Å². The highest BCUT2D eigenvalue weighted by molar-refractivity contribution is 8.14. The number of aliphatic imine (C=N–C) groups is 2. The smallest absolute Gasteiger partial charge is 0.259 e. The molecule has 0 aromatic heterocycles. The van der Waals surface area contributed by atoms with Crippen LogP contribution >= 0.6 is 11.8 Å². The number of thioether (sulfide) groups is 1. The molecular weight excluding hydrogens is 494 g/mol. The van der Waals surface area contributed by atoms with Gasteiger partial charge in [-0.05, 0) is 30.7 Å². The van der Waals surface area contributed by atoms with Gasteiger partial charge in [-0.15, -0.1) is 0 Å². The Labute approximate surface area is 219 Å². The zero-order valence-electron chi connectivity index (χ0n) is 20.9. The van der Waals surface area contributed by atoms with Crippen LogP contribution in [0.1, 0.15) is 31.7 Å². The Morgan fingerprint density at radius 1 is 1.11 bits per heavy atom. The minimum Gasteiger partial charge on any atom is -0.497 e. The van der Waals surface area contributed by atoms with E-state index in [0.717, 1.165) is 24.6 Å². The number of hydrogen-bond donors (Lipinski definition) is 2. The second-order valence-corrected chi connectivity index (χ2v) is 9.31. The SMILES string of the molecule is CCCCNC(=O)C[C@@H]1N=C2c3ccccc3N=C(SCC(=O)Nc3cc(OC)ccc3OC)N2C1=O. The lowest BCUT2D eigenvalue weighted by atomic mass is 10.1. The summed E-state index contributed by atoms with van der Waals surface area (Å²) in [6.07, 6.45) is 1.79. The Morgan fingerprint density at radius 3 is 2.68 bits per heavy atom. The number of carbonyl (C=O) groups is 3. The van der Waals surface area contributed by atoms with Crippen LogP contribution in [0, 0.1) is 0 Å². The van der Waals surface area contributed by atoms with Gasteiger partial charge in [-0.2, -0.15) is 0 Å². The third-order valence-corrected chi connectivity index (χ3v) is 6.73. The van der Waals surface area contributed by atoms with Gasteiger partial charge >= 0.3 is 0 Å². The molecule has 0 bridgehead atoms. The van der Waals surface area contributed by atoms with Crippen molar-refractivity contribution >= 4 is 51.9 Å². The fourth-order valence-corrected chi connectivity index (χ4v) is 4.71. The van der Waals surface area contributed by atoms with Gasteiger partial charge in [0.2, 0.25) is 11.8 Å². The topological polar surface area (TPSA) is 122 Å². The van der Waals surface area contributed by atoms with Crippen molar-refractivity contribution < 1.29 is 23.9 Å². The predicted molar refractivity (Wildman–Crippen MR) is 144 cm³/mol.